The van der Waals surface area contributed by atoms with E-state index in [0.717, 1.165) is 16.9 Å². The number of rotatable bonds is 3. The van der Waals surface area contributed by atoms with Crippen molar-refractivity contribution in [2.45, 2.75) is 11.8 Å². The Kier molecular flexibility index (Phi) is 3.56. The van der Waals surface area contributed by atoms with Crippen molar-refractivity contribution in [2.75, 3.05) is 5.32 Å². The molecule has 0 amide bonds. The van der Waals surface area contributed by atoms with Gasteiger partial charge in [0.15, 0.2) is 11.1 Å². The van der Waals surface area contributed by atoms with Crippen LogP contribution in [-0.2, 0) is 11.1 Å². The third-order valence-electron chi connectivity index (χ3n) is 2.48. The van der Waals surface area contributed by atoms with Gasteiger partial charge >= 0.3 is 0 Å². The van der Waals surface area contributed by atoms with Crippen molar-refractivity contribution in [2.24, 2.45) is 0 Å². The minimum atomic E-state index is -1.92. The predicted octanol–water partition coefficient (Wildman–Crippen LogP) is 3.32. The molecule has 0 fully saturated rings. The first-order valence-corrected chi connectivity index (χ1v) is 6.31. The van der Waals surface area contributed by atoms with E-state index in [9.17, 15) is 4.21 Å². The van der Waals surface area contributed by atoms with Crippen LogP contribution in [-0.4, -0.2) is 8.76 Å². The standard InChI is InChI=1S/C13H13NO2S/c1-10-4-2-3-5-13(10)14-11-6-8-12(9-7-11)17(15)16/h2-9,14H,1H3,(H,15,16). The average Bonchev–Trinajstić information content (AvgIpc) is 2.33. The number of hydrogen-bond donors (Lipinski definition) is 2. The minimum absolute atomic E-state index is 0.403. The summed E-state index contributed by atoms with van der Waals surface area (Å²) < 4.78 is 19.7. The lowest BCUT2D eigenvalue weighted by atomic mass is 10.2. The van der Waals surface area contributed by atoms with E-state index in [4.69, 9.17) is 4.55 Å². The van der Waals surface area contributed by atoms with Crippen molar-refractivity contribution in [1.82, 2.24) is 0 Å². The van der Waals surface area contributed by atoms with Gasteiger partial charge in [0.2, 0.25) is 0 Å². The Morgan fingerprint density at radius 2 is 1.71 bits per heavy atom. The van der Waals surface area contributed by atoms with Crippen LogP contribution in [0, 0.1) is 6.92 Å². The molecule has 0 aliphatic carbocycles. The van der Waals surface area contributed by atoms with E-state index in [1.807, 2.05) is 31.2 Å². The highest BCUT2D eigenvalue weighted by Gasteiger charge is 2.00. The second-order valence-electron chi connectivity index (χ2n) is 3.71. The van der Waals surface area contributed by atoms with Crippen molar-refractivity contribution in [3.63, 3.8) is 0 Å². The monoisotopic (exact) mass is 247 g/mol. The van der Waals surface area contributed by atoms with Gasteiger partial charge in [-0.3, -0.25) is 0 Å². The van der Waals surface area contributed by atoms with Gasteiger partial charge in [-0.2, -0.15) is 0 Å². The SMILES string of the molecule is Cc1ccccc1Nc1ccc(S(=O)O)cc1. The van der Waals surface area contributed by atoms with Crippen molar-refractivity contribution in [3.8, 4) is 0 Å². The normalized spacial score (nSPS) is 12.1. The summed E-state index contributed by atoms with van der Waals surface area (Å²) in [6.07, 6.45) is 0. The molecular weight excluding hydrogens is 234 g/mol. The summed E-state index contributed by atoms with van der Waals surface area (Å²) in [5.41, 5.74) is 3.08. The van der Waals surface area contributed by atoms with E-state index in [0.29, 0.717) is 4.90 Å². The zero-order chi connectivity index (χ0) is 12.3. The second-order valence-corrected chi connectivity index (χ2v) is 4.68. The number of aryl methyl sites for hydroxylation is 1. The average molecular weight is 247 g/mol. The third-order valence-corrected chi connectivity index (χ3v) is 3.16. The summed E-state index contributed by atoms with van der Waals surface area (Å²) >= 11 is -1.92. The molecule has 0 aliphatic rings. The van der Waals surface area contributed by atoms with E-state index in [-0.39, 0.29) is 0 Å². The highest BCUT2D eigenvalue weighted by atomic mass is 32.2. The maximum Gasteiger partial charge on any atom is 0.186 e. The Balaban J connectivity index is 2.20. The van der Waals surface area contributed by atoms with Crippen LogP contribution in [0.4, 0.5) is 11.4 Å². The van der Waals surface area contributed by atoms with Gasteiger partial charge in [0, 0.05) is 11.4 Å². The fourth-order valence-corrected chi connectivity index (χ4v) is 1.89. The second kappa shape index (κ2) is 5.12. The molecule has 2 aromatic rings. The van der Waals surface area contributed by atoms with E-state index >= 15 is 0 Å². The molecule has 4 heteroatoms. The van der Waals surface area contributed by atoms with Crippen LogP contribution in [0.1, 0.15) is 5.56 Å². The van der Waals surface area contributed by atoms with Crippen molar-refractivity contribution < 1.29 is 8.76 Å². The van der Waals surface area contributed by atoms with Crippen molar-refractivity contribution in [1.29, 1.82) is 0 Å². The molecule has 3 nitrogen and oxygen atoms in total. The summed E-state index contributed by atoms with van der Waals surface area (Å²) in [5, 5.41) is 3.26. The molecule has 0 heterocycles. The van der Waals surface area contributed by atoms with E-state index in [2.05, 4.69) is 5.32 Å². The smallest absolute Gasteiger partial charge is 0.186 e. The predicted molar refractivity (Wildman–Crippen MR) is 69.9 cm³/mol. The summed E-state index contributed by atoms with van der Waals surface area (Å²) in [5.74, 6) is 0. The molecule has 0 aromatic heterocycles. The number of hydrogen-bond acceptors (Lipinski definition) is 2. The van der Waals surface area contributed by atoms with Gasteiger partial charge in [-0.15, -0.1) is 0 Å². The lowest BCUT2D eigenvalue weighted by molar-refractivity contribution is 0.564. The highest BCUT2D eigenvalue weighted by Crippen LogP contribution is 2.20. The van der Waals surface area contributed by atoms with Gasteiger partial charge in [-0.05, 0) is 42.8 Å². The number of nitrogens with one attached hydrogen (secondary N) is 1. The molecule has 88 valence electrons. The summed E-state index contributed by atoms with van der Waals surface area (Å²) in [4.78, 5) is 0.403. The Labute approximate surface area is 103 Å². The Hall–Kier alpha value is -1.65. The molecule has 0 saturated carbocycles. The minimum Gasteiger partial charge on any atom is -0.355 e. The van der Waals surface area contributed by atoms with Gasteiger partial charge in [0.25, 0.3) is 0 Å². The summed E-state index contributed by atoms with van der Waals surface area (Å²) in [7, 11) is 0. The molecule has 2 N–H and O–H groups in total. The first-order valence-electron chi connectivity index (χ1n) is 5.20. The van der Waals surface area contributed by atoms with E-state index < -0.39 is 11.1 Å². The highest BCUT2D eigenvalue weighted by molar-refractivity contribution is 7.79. The molecule has 0 bridgehead atoms. The first kappa shape index (κ1) is 11.8. The molecule has 1 atom stereocenters. The fourth-order valence-electron chi connectivity index (χ4n) is 1.52. The Morgan fingerprint density at radius 3 is 2.29 bits per heavy atom. The van der Waals surface area contributed by atoms with Gasteiger partial charge in [0.05, 0.1) is 4.90 Å². The van der Waals surface area contributed by atoms with Crippen LogP contribution >= 0.6 is 0 Å². The maximum absolute atomic E-state index is 10.8. The molecular formula is C13H13NO2S. The van der Waals surface area contributed by atoms with Crippen LogP contribution in [0.5, 0.6) is 0 Å². The third kappa shape index (κ3) is 2.93. The number of para-hydroxylation sites is 1. The van der Waals surface area contributed by atoms with Crippen LogP contribution < -0.4 is 5.32 Å². The molecule has 0 radical (unpaired) electrons. The van der Waals surface area contributed by atoms with Gasteiger partial charge in [0.1, 0.15) is 0 Å². The van der Waals surface area contributed by atoms with Gasteiger partial charge in [-0.25, -0.2) is 4.21 Å². The zero-order valence-corrected chi connectivity index (χ0v) is 10.2. The summed E-state index contributed by atoms with van der Waals surface area (Å²) in [6.45, 7) is 2.03. The van der Waals surface area contributed by atoms with Gasteiger partial charge < -0.3 is 9.87 Å². The topological polar surface area (TPSA) is 49.3 Å². The van der Waals surface area contributed by atoms with E-state index in [1.54, 1.807) is 24.3 Å². The van der Waals surface area contributed by atoms with Gasteiger partial charge in [-0.1, -0.05) is 18.2 Å². The Bertz CT molecular complexity index is 537. The lowest BCUT2D eigenvalue weighted by Gasteiger charge is -2.09. The summed E-state index contributed by atoms with van der Waals surface area (Å²) in [6, 6.07) is 14.8. The van der Waals surface area contributed by atoms with Crippen molar-refractivity contribution >= 4 is 22.5 Å². The largest absolute Gasteiger partial charge is 0.355 e. The Morgan fingerprint density at radius 1 is 1.06 bits per heavy atom. The first-order chi connectivity index (χ1) is 8.16. The number of anilines is 2. The molecule has 2 aromatic carbocycles. The molecule has 0 spiro atoms. The van der Waals surface area contributed by atoms with Crippen LogP contribution in [0.2, 0.25) is 0 Å². The fraction of sp³-hybridized carbons (Fsp3) is 0.0769. The number of benzene rings is 2. The van der Waals surface area contributed by atoms with Crippen LogP contribution in [0.15, 0.2) is 53.4 Å². The molecule has 0 aliphatic heterocycles. The van der Waals surface area contributed by atoms with Crippen LogP contribution in [0.25, 0.3) is 0 Å². The van der Waals surface area contributed by atoms with E-state index in [1.165, 1.54) is 0 Å². The molecule has 0 saturated heterocycles. The zero-order valence-electron chi connectivity index (χ0n) is 9.38. The lowest BCUT2D eigenvalue weighted by Crippen LogP contribution is -1.93. The van der Waals surface area contributed by atoms with Crippen molar-refractivity contribution in [3.05, 3.63) is 54.1 Å². The maximum atomic E-state index is 10.8. The van der Waals surface area contributed by atoms with Crippen LogP contribution in [0.3, 0.4) is 0 Å². The molecule has 2 rings (SSSR count). The molecule has 17 heavy (non-hydrogen) atoms. The quantitative estimate of drug-likeness (QED) is 0.818. The molecule has 1 unspecified atom stereocenters.